The predicted octanol–water partition coefficient (Wildman–Crippen LogP) is 2.15. The molecule has 0 aliphatic rings. The molecule has 1 aromatic carbocycles. The third-order valence-corrected chi connectivity index (χ3v) is 3.19. The van der Waals surface area contributed by atoms with E-state index in [1.165, 1.54) is 19.1 Å². The van der Waals surface area contributed by atoms with Crippen LogP contribution in [0.4, 0.5) is 0 Å². The lowest BCUT2D eigenvalue weighted by molar-refractivity contribution is -0.469. The van der Waals surface area contributed by atoms with Crippen LogP contribution in [0.3, 0.4) is 0 Å². The Hall–Kier alpha value is -1.89. The Morgan fingerprint density at radius 3 is 2.84 bits per heavy atom. The Morgan fingerprint density at radius 1 is 1.53 bits per heavy atom. The van der Waals surface area contributed by atoms with E-state index >= 15 is 0 Å². The summed E-state index contributed by atoms with van der Waals surface area (Å²) in [5, 5.41) is 12.1. The highest BCUT2D eigenvalue weighted by Gasteiger charge is 2.28. The molecule has 6 nitrogen and oxygen atoms in total. The van der Waals surface area contributed by atoms with Gasteiger partial charge in [0.05, 0.1) is 16.7 Å². The topological polar surface area (TPSA) is 77.3 Å². The molecule has 100 valence electrons. The number of carbonyl (C=O) groups is 1. The van der Waals surface area contributed by atoms with Crippen molar-refractivity contribution in [3.8, 4) is 0 Å². The van der Waals surface area contributed by atoms with Crippen molar-refractivity contribution in [1.29, 1.82) is 0 Å². The maximum absolute atomic E-state index is 12.2. The van der Waals surface area contributed by atoms with Crippen molar-refractivity contribution >= 4 is 32.9 Å². The highest BCUT2D eigenvalue weighted by Crippen LogP contribution is 2.19. The van der Waals surface area contributed by atoms with Crippen LogP contribution in [0.2, 0.25) is 0 Å². The Bertz CT molecular complexity index is 724. The van der Waals surface area contributed by atoms with Crippen LogP contribution < -0.4 is 4.43 Å². The van der Waals surface area contributed by atoms with E-state index in [9.17, 15) is 14.9 Å². The van der Waals surface area contributed by atoms with Gasteiger partial charge >= 0.3 is 11.7 Å². The van der Waals surface area contributed by atoms with Crippen LogP contribution >= 0.6 is 15.9 Å². The summed E-state index contributed by atoms with van der Waals surface area (Å²) in [6, 6.07) is 4.63. The van der Waals surface area contributed by atoms with Gasteiger partial charge in [-0.15, -0.1) is 0 Å². The number of carbonyl (C=O) groups excluding carboxylic acids is 1. The number of rotatable bonds is 2. The molecular weight excluding hydrogens is 316 g/mol. The van der Waals surface area contributed by atoms with E-state index in [4.69, 9.17) is 4.74 Å². The van der Waals surface area contributed by atoms with Crippen molar-refractivity contribution in [2.45, 2.75) is 13.8 Å². The number of esters is 1. The minimum atomic E-state index is -0.801. The molecule has 0 aliphatic carbocycles. The number of fused-ring (bicyclic) bond motifs is 1. The SMILES string of the molecule is CCOC(=O)c1c(C)n([O-])c2cc(Br)ccc2[n+]1=O. The monoisotopic (exact) mass is 326 g/mol. The van der Waals surface area contributed by atoms with Gasteiger partial charge in [0, 0.05) is 15.4 Å². The van der Waals surface area contributed by atoms with E-state index in [0.717, 1.165) is 0 Å². The summed E-state index contributed by atoms with van der Waals surface area (Å²) in [6.45, 7) is 3.18. The lowest BCUT2D eigenvalue weighted by atomic mass is 10.2. The van der Waals surface area contributed by atoms with Crippen LogP contribution in [0.25, 0.3) is 11.0 Å². The molecule has 19 heavy (non-hydrogen) atoms. The van der Waals surface area contributed by atoms with Crippen LogP contribution in [0, 0.1) is 17.0 Å². The van der Waals surface area contributed by atoms with Crippen molar-refractivity contribution in [3.63, 3.8) is 0 Å². The Morgan fingerprint density at radius 2 is 2.21 bits per heavy atom. The molecule has 0 spiro atoms. The summed E-state index contributed by atoms with van der Waals surface area (Å²) in [5.41, 5.74) is 0.0347. The molecule has 1 aromatic heterocycles. The number of hydrogen-bond donors (Lipinski definition) is 0. The summed E-state index contributed by atoms with van der Waals surface area (Å²) in [7, 11) is 0. The Balaban J connectivity index is 2.85. The molecule has 0 saturated carbocycles. The molecule has 0 aliphatic heterocycles. The molecule has 2 rings (SSSR count). The number of halogens is 1. The van der Waals surface area contributed by atoms with E-state index in [-0.39, 0.29) is 29.0 Å². The Kier molecular flexibility index (Phi) is 3.57. The number of nitrogens with zero attached hydrogens (tertiary/aromatic N) is 2. The molecule has 0 radical (unpaired) electrons. The van der Waals surface area contributed by atoms with Crippen LogP contribution in [0.15, 0.2) is 22.7 Å². The van der Waals surface area contributed by atoms with Gasteiger partial charge < -0.3 is 14.7 Å². The second kappa shape index (κ2) is 5.00. The van der Waals surface area contributed by atoms with E-state index in [1.807, 2.05) is 0 Å². The summed E-state index contributed by atoms with van der Waals surface area (Å²) in [6.07, 6.45) is 0. The smallest absolute Gasteiger partial charge is 0.410 e. The number of aromatic nitrogens is 2. The van der Waals surface area contributed by atoms with Crippen LogP contribution in [0.1, 0.15) is 23.1 Å². The van der Waals surface area contributed by atoms with Gasteiger partial charge in [-0.05, 0) is 26.0 Å². The number of ether oxygens (including phenoxy) is 1. The second-order valence-electron chi connectivity index (χ2n) is 3.88. The maximum atomic E-state index is 12.2. The van der Waals surface area contributed by atoms with Crippen LogP contribution in [-0.4, -0.2) is 17.3 Å². The standard InChI is InChI=1S/C12H11BrN2O4/c1-3-19-12(16)11-7(2)14(17)10-6-8(13)4-5-9(10)15(11)18/h4-6H,3H2,1-2H3. The maximum Gasteiger partial charge on any atom is 0.410 e. The lowest BCUT2D eigenvalue weighted by Crippen LogP contribution is -2.31. The van der Waals surface area contributed by atoms with Gasteiger partial charge in [-0.1, -0.05) is 15.9 Å². The third kappa shape index (κ3) is 2.21. The first kappa shape index (κ1) is 13.5. The zero-order valence-corrected chi connectivity index (χ0v) is 11.9. The van der Waals surface area contributed by atoms with Gasteiger partial charge in [0.25, 0.3) is 5.52 Å². The number of benzene rings is 1. The first-order chi connectivity index (χ1) is 8.97. The quantitative estimate of drug-likeness (QED) is 0.625. The minimum Gasteiger partial charge on any atom is -0.805 e. The lowest BCUT2D eigenvalue weighted by Gasteiger charge is -2.16. The van der Waals surface area contributed by atoms with Gasteiger partial charge in [-0.3, -0.25) is 0 Å². The summed E-state index contributed by atoms with van der Waals surface area (Å²) in [5.74, 6) is -0.801. The van der Waals surface area contributed by atoms with E-state index in [1.54, 1.807) is 13.0 Å². The molecule has 0 atom stereocenters. The molecule has 2 aromatic rings. The molecule has 7 heteroatoms. The molecule has 0 saturated heterocycles. The molecule has 0 N–H and O–H groups in total. The minimum absolute atomic E-state index is 0.0130. The zero-order valence-electron chi connectivity index (χ0n) is 10.3. The molecule has 0 amide bonds. The molecule has 0 fully saturated rings. The van der Waals surface area contributed by atoms with E-state index < -0.39 is 5.97 Å². The van der Waals surface area contributed by atoms with Crippen molar-refractivity contribution < 1.29 is 14.0 Å². The summed E-state index contributed by atoms with van der Waals surface area (Å²) < 4.78 is 6.46. The average molecular weight is 327 g/mol. The molecule has 1 heterocycles. The first-order valence-electron chi connectivity index (χ1n) is 5.59. The molecule has 0 bridgehead atoms. The first-order valence-corrected chi connectivity index (χ1v) is 6.38. The van der Waals surface area contributed by atoms with Gasteiger partial charge in [0.15, 0.2) is 0 Å². The normalized spacial score (nSPS) is 10.7. The van der Waals surface area contributed by atoms with Crippen molar-refractivity contribution in [2.75, 3.05) is 6.61 Å². The van der Waals surface area contributed by atoms with Crippen LogP contribution in [-0.2, 0) is 4.74 Å². The van der Waals surface area contributed by atoms with E-state index in [2.05, 4.69) is 15.9 Å². The summed E-state index contributed by atoms with van der Waals surface area (Å²) in [4.78, 5) is 23.9. The second-order valence-corrected chi connectivity index (χ2v) is 4.79. The van der Waals surface area contributed by atoms with Gasteiger partial charge in [0.2, 0.25) is 0 Å². The molecule has 0 unspecified atom stereocenters. The zero-order chi connectivity index (χ0) is 14.2. The highest BCUT2D eigenvalue weighted by molar-refractivity contribution is 9.10. The average Bonchev–Trinajstić information content (AvgIpc) is 2.36. The van der Waals surface area contributed by atoms with Gasteiger partial charge in [-0.2, -0.15) is 0 Å². The fourth-order valence-electron chi connectivity index (χ4n) is 1.81. The van der Waals surface area contributed by atoms with Gasteiger partial charge in [0.1, 0.15) is 5.52 Å². The fraction of sp³-hybridized carbons (Fsp3) is 0.250. The molecular formula is C12H11BrN2O4. The predicted molar refractivity (Wildman–Crippen MR) is 72.5 cm³/mol. The van der Waals surface area contributed by atoms with Crippen molar-refractivity contribution in [1.82, 2.24) is 4.73 Å². The van der Waals surface area contributed by atoms with Crippen LogP contribution in [0.5, 0.6) is 0 Å². The third-order valence-electron chi connectivity index (χ3n) is 2.69. The van der Waals surface area contributed by atoms with Gasteiger partial charge in [-0.25, -0.2) is 4.79 Å². The fourth-order valence-corrected chi connectivity index (χ4v) is 2.15. The summed E-state index contributed by atoms with van der Waals surface area (Å²) >= 11 is 3.23. The van der Waals surface area contributed by atoms with Crippen molar-refractivity contribution in [2.24, 2.45) is 0 Å². The number of hydrogen-bond acceptors (Lipinski definition) is 4. The highest BCUT2D eigenvalue weighted by atomic mass is 79.9. The van der Waals surface area contributed by atoms with Crippen molar-refractivity contribution in [3.05, 3.63) is 44.2 Å². The Labute approximate surface area is 116 Å². The largest absolute Gasteiger partial charge is 0.805 e. The van der Waals surface area contributed by atoms with E-state index in [0.29, 0.717) is 13.6 Å².